The molecular weight excluding hydrogens is 293 g/mol. The molecule has 22 heavy (non-hydrogen) atoms. The Morgan fingerprint density at radius 1 is 1.36 bits per heavy atom. The van der Waals surface area contributed by atoms with Crippen LogP contribution in [0.2, 0.25) is 0 Å². The van der Waals surface area contributed by atoms with Gasteiger partial charge in [0.1, 0.15) is 11.5 Å². The third kappa shape index (κ3) is 3.13. The molecule has 1 N–H and O–H groups in total. The van der Waals surface area contributed by atoms with E-state index >= 15 is 0 Å². The number of carboxylic acid groups (broad SMARTS) is 1. The summed E-state index contributed by atoms with van der Waals surface area (Å²) in [6, 6.07) is 5.06. The SMILES string of the molecule is COc1ccc(OC)c(CC(=O)N2CCC(F)(C(=O)O)C2)c1. The van der Waals surface area contributed by atoms with Crippen molar-refractivity contribution in [1.82, 2.24) is 4.90 Å². The summed E-state index contributed by atoms with van der Waals surface area (Å²) in [5.41, 5.74) is -1.74. The molecule has 0 radical (unpaired) electrons. The zero-order valence-corrected chi connectivity index (χ0v) is 12.5. The van der Waals surface area contributed by atoms with Gasteiger partial charge in [0.2, 0.25) is 11.6 Å². The summed E-state index contributed by atoms with van der Waals surface area (Å²) in [7, 11) is 3.00. The Hall–Kier alpha value is -2.31. The Morgan fingerprint density at radius 3 is 2.64 bits per heavy atom. The number of amides is 1. The second-order valence-electron chi connectivity index (χ2n) is 5.19. The van der Waals surface area contributed by atoms with Crippen molar-refractivity contribution in [3.05, 3.63) is 23.8 Å². The van der Waals surface area contributed by atoms with Crippen LogP contribution in [-0.2, 0) is 16.0 Å². The number of benzene rings is 1. The predicted octanol–water partition coefficient (Wildman–Crippen LogP) is 1.27. The van der Waals surface area contributed by atoms with Crippen molar-refractivity contribution in [2.24, 2.45) is 0 Å². The first-order chi connectivity index (χ1) is 10.4. The lowest BCUT2D eigenvalue weighted by Gasteiger charge is -2.18. The van der Waals surface area contributed by atoms with Crippen molar-refractivity contribution in [2.45, 2.75) is 18.5 Å². The molecule has 1 amide bonds. The Labute approximate surface area is 127 Å². The van der Waals surface area contributed by atoms with Crippen LogP contribution in [-0.4, -0.2) is 54.9 Å². The number of halogens is 1. The van der Waals surface area contributed by atoms with Gasteiger partial charge in [0.15, 0.2) is 0 Å². The second-order valence-corrected chi connectivity index (χ2v) is 5.19. The van der Waals surface area contributed by atoms with Gasteiger partial charge in [-0.3, -0.25) is 4.79 Å². The summed E-state index contributed by atoms with van der Waals surface area (Å²) in [5, 5.41) is 8.86. The Morgan fingerprint density at radius 2 is 2.09 bits per heavy atom. The van der Waals surface area contributed by atoms with Crippen molar-refractivity contribution in [1.29, 1.82) is 0 Å². The van der Waals surface area contributed by atoms with Gasteiger partial charge in [-0.05, 0) is 18.2 Å². The highest BCUT2D eigenvalue weighted by Gasteiger charge is 2.46. The monoisotopic (exact) mass is 311 g/mol. The zero-order valence-electron chi connectivity index (χ0n) is 12.5. The lowest BCUT2D eigenvalue weighted by molar-refractivity contribution is -0.150. The first-order valence-corrected chi connectivity index (χ1v) is 6.80. The maximum absolute atomic E-state index is 14.0. The fourth-order valence-electron chi connectivity index (χ4n) is 2.46. The molecule has 6 nitrogen and oxygen atoms in total. The van der Waals surface area contributed by atoms with Crippen molar-refractivity contribution in [3.8, 4) is 11.5 Å². The normalized spacial score (nSPS) is 20.8. The molecule has 1 aromatic rings. The summed E-state index contributed by atoms with van der Waals surface area (Å²) >= 11 is 0. The first kappa shape index (κ1) is 16.1. The van der Waals surface area contributed by atoms with Crippen LogP contribution in [0.1, 0.15) is 12.0 Å². The molecule has 1 saturated heterocycles. The van der Waals surface area contributed by atoms with Gasteiger partial charge in [0.05, 0.1) is 27.2 Å². The summed E-state index contributed by atoms with van der Waals surface area (Å²) in [4.78, 5) is 24.4. The molecule has 1 unspecified atom stereocenters. The summed E-state index contributed by atoms with van der Waals surface area (Å²) in [6.45, 7) is -0.332. The van der Waals surface area contributed by atoms with Crippen LogP contribution in [0.15, 0.2) is 18.2 Å². The number of alkyl halides is 1. The molecule has 1 atom stereocenters. The maximum Gasteiger partial charge on any atom is 0.343 e. The molecule has 120 valence electrons. The van der Waals surface area contributed by atoms with Crippen LogP contribution in [0.4, 0.5) is 4.39 Å². The van der Waals surface area contributed by atoms with Crippen LogP contribution in [0, 0.1) is 0 Å². The molecule has 1 aliphatic rings. The van der Waals surface area contributed by atoms with E-state index in [1.807, 2.05) is 0 Å². The Kier molecular flexibility index (Phi) is 4.54. The molecule has 0 spiro atoms. The lowest BCUT2D eigenvalue weighted by atomic mass is 10.1. The first-order valence-electron chi connectivity index (χ1n) is 6.80. The van der Waals surface area contributed by atoms with Gasteiger partial charge in [-0.1, -0.05) is 0 Å². The quantitative estimate of drug-likeness (QED) is 0.886. The van der Waals surface area contributed by atoms with Gasteiger partial charge >= 0.3 is 5.97 Å². The van der Waals surface area contributed by atoms with Gasteiger partial charge in [0.25, 0.3) is 0 Å². The topological polar surface area (TPSA) is 76.1 Å². The largest absolute Gasteiger partial charge is 0.497 e. The number of rotatable bonds is 5. The molecule has 1 heterocycles. The zero-order chi connectivity index (χ0) is 16.3. The van der Waals surface area contributed by atoms with E-state index in [9.17, 15) is 14.0 Å². The Balaban J connectivity index is 2.11. The van der Waals surface area contributed by atoms with E-state index in [0.29, 0.717) is 17.1 Å². The van der Waals surface area contributed by atoms with E-state index < -0.39 is 18.2 Å². The average molecular weight is 311 g/mol. The van der Waals surface area contributed by atoms with Crippen molar-refractivity contribution in [3.63, 3.8) is 0 Å². The number of hydrogen-bond donors (Lipinski definition) is 1. The summed E-state index contributed by atoms with van der Waals surface area (Å²) in [5.74, 6) is -0.762. The van der Waals surface area contributed by atoms with Crippen molar-refractivity contribution < 1.29 is 28.6 Å². The standard InChI is InChI=1S/C15H18FNO5/c1-21-11-3-4-12(22-2)10(7-11)8-13(18)17-6-5-15(16,9-17)14(19)20/h3-4,7H,5-6,8-9H2,1-2H3,(H,19,20). The molecule has 1 aliphatic heterocycles. The summed E-state index contributed by atoms with van der Waals surface area (Å²) in [6.07, 6.45) is -0.195. The van der Waals surface area contributed by atoms with Crippen molar-refractivity contribution in [2.75, 3.05) is 27.3 Å². The minimum atomic E-state index is -2.35. The van der Waals surface area contributed by atoms with Gasteiger partial charge in [-0.15, -0.1) is 0 Å². The molecule has 1 aromatic carbocycles. The smallest absolute Gasteiger partial charge is 0.343 e. The number of carboxylic acids is 1. The highest BCUT2D eigenvalue weighted by Crippen LogP contribution is 2.28. The highest BCUT2D eigenvalue weighted by molar-refractivity contribution is 5.83. The number of hydrogen-bond acceptors (Lipinski definition) is 4. The minimum Gasteiger partial charge on any atom is -0.497 e. The molecule has 0 saturated carbocycles. The number of carbonyl (C=O) groups excluding carboxylic acids is 1. The van der Waals surface area contributed by atoms with Gasteiger partial charge in [-0.2, -0.15) is 0 Å². The van der Waals surface area contributed by atoms with Gasteiger partial charge in [0, 0.05) is 18.5 Å². The maximum atomic E-state index is 14.0. The molecule has 1 fully saturated rings. The number of nitrogens with zero attached hydrogens (tertiary/aromatic N) is 1. The number of ether oxygens (including phenoxy) is 2. The molecule has 0 aromatic heterocycles. The Bertz CT molecular complexity index is 591. The molecular formula is C15H18FNO5. The van der Waals surface area contributed by atoms with E-state index in [0.717, 1.165) is 0 Å². The van der Waals surface area contributed by atoms with E-state index in [-0.39, 0.29) is 25.3 Å². The summed E-state index contributed by atoms with van der Waals surface area (Å²) < 4.78 is 24.3. The minimum absolute atomic E-state index is 0.00390. The van der Waals surface area contributed by atoms with E-state index in [2.05, 4.69) is 0 Å². The van der Waals surface area contributed by atoms with Crippen LogP contribution < -0.4 is 9.47 Å². The molecule has 0 bridgehead atoms. The fraction of sp³-hybridized carbons (Fsp3) is 0.467. The van der Waals surface area contributed by atoms with Crippen LogP contribution in [0.5, 0.6) is 11.5 Å². The van der Waals surface area contributed by atoms with Crippen LogP contribution >= 0.6 is 0 Å². The third-order valence-corrected chi connectivity index (χ3v) is 3.78. The van der Waals surface area contributed by atoms with Gasteiger partial charge < -0.3 is 19.5 Å². The number of aliphatic carboxylic acids is 1. The number of likely N-dealkylation sites (tertiary alicyclic amines) is 1. The van der Waals surface area contributed by atoms with Crippen LogP contribution in [0.25, 0.3) is 0 Å². The fourth-order valence-corrected chi connectivity index (χ4v) is 2.46. The highest BCUT2D eigenvalue weighted by atomic mass is 19.1. The van der Waals surface area contributed by atoms with E-state index in [1.54, 1.807) is 18.2 Å². The molecule has 0 aliphatic carbocycles. The number of methoxy groups -OCH3 is 2. The van der Waals surface area contributed by atoms with Gasteiger partial charge in [-0.25, -0.2) is 9.18 Å². The number of carbonyl (C=O) groups is 2. The predicted molar refractivity (Wildman–Crippen MR) is 75.9 cm³/mol. The lowest BCUT2D eigenvalue weighted by Crippen LogP contribution is -2.39. The molecule has 7 heteroatoms. The van der Waals surface area contributed by atoms with E-state index in [4.69, 9.17) is 14.6 Å². The molecule has 2 rings (SSSR count). The van der Waals surface area contributed by atoms with Crippen LogP contribution in [0.3, 0.4) is 0 Å². The second kappa shape index (κ2) is 6.21. The average Bonchev–Trinajstić information content (AvgIpc) is 2.91. The third-order valence-electron chi connectivity index (χ3n) is 3.78. The van der Waals surface area contributed by atoms with E-state index in [1.165, 1.54) is 19.1 Å². The van der Waals surface area contributed by atoms with Crippen molar-refractivity contribution >= 4 is 11.9 Å².